The molecule has 0 aromatic heterocycles. The Balaban J connectivity index is 1.88. The minimum atomic E-state index is -0.560. The molecule has 2 aliphatic rings. The van der Waals surface area contributed by atoms with Crippen molar-refractivity contribution in [3.63, 3.8) is 0 Å². The van der Waals surface area contributed by atoms with Gasteiger partial charge >= 0.3 is 12.1 Å². The van der Waals surface area contributed by atoms with Crippen LogP contribution in [-0.4, -0.2) is 55.3 Å². The lowest BCUT2D eigenvalue weighted by Gasteiger charge is -2.46. The Labute approximate surface area is 193 Å². The number of rotatable bonds is 8. The van der Waals surface area contributed by atoms with Crippen molar-refractivity contribution in [1.82, 2.24) is 10.2 Å². The van der Waals surface area contributed by atoms with Gasteiger partial charge in [0.25, 0.3) is 0 Å². The zero-order valence-electron chi connectivity index (χ0n) is 20.4. The summed E-state index contributed by atoms with van der Waals surface area (Å²) in [6, 6.07) is 8.29. The van der Waals surface area contributed by atoms with Crippen LogP contribution < -0.4 is 5.32 Å². The van der Waals surface area contributed by atoms with Crippen LogP contribution in [0.15, 0.2) is 24.3 Å². The fourth-order valence-electron chi connectivity index (χ4n) is 5.81. The molecule has 1 saturated carbocycles. The number of nitrogens with zero attached hydrogens (tertiary/aromatic N) is 1. The summed E-state index contributed by atoms with van der Waals surface area (Å²) in [5.41, 5.74) is 1.94. The van der Waals surface area contributed by atoms with Crippen molar-refractivity contribution in [3.05, 3.63) is 35.4 Å². The van der Waals surface area contributed by atoms with E-state index < -0.39 is 5.60 Å². The van der Waals surface area contributed by atoms with E-state index in [0.29, 0.717) is 6.54 Å². The molecule has 1 aromatic rings. The highest BCUT2D eigenvalue weighted by molar-refractivity contribution is 5.76. The van der Waals surface area contributed by atoms with Crippen molar-refractivity contribution in [2.24, 2.45) is 11.8 Å². The Morgan fingerprint density at radius 2 is 2.09 bits per heavy atom. The standard InChI is InChI=1S/C26H40N2O4/c1-6-19(3)23(27-4)24(29)32-26(15-12-20-10-7-9-18(2)17-20)14-8-11-22-21(26)13-16-28(22)25(30)31-5/h7,9-10,17,19,21-23,27H,6,8,11-16H2,1-5H3/t19-,21+,22+,23?,26+/m0/s1. The molecule has 0 spiro atoms. The predicted octanol–water partition coefficient (Wildman–Crippen LogP) is 4.48. The Kier molecular flexibility index (Phi) is 8.21. The molecule has 1 aromatic carbocycles. The second kappa shape index (κ2) is 10.7. The van der Waals surface area contributed by atoms with Crippen molar-refractivity contribution < 1.29 is 19.1 Å². The summed E-state index contributed by atoms with van der Waals surface area (Å²) in [4.78, 5) is 27.6. The molecule has 0 bridgehead atoms. The van der Waals surface area contributed by atoms with E-state index in [-0.39, 0.29) is 36.0 Å². The fourth-order valence-corrected chi connectivity index (χ4v) is 5.81. The van der Waals surface area contributed by atoms with Gasteiger partial charge in [0, 0.05) is 18.5 Å². The minimum Gasteiger partial charge on any atom is -0.458 e. The van der Waals surface area contributed by atoms with Crippen LogP contribution in [0.25, 0.3) is 0 Å². The second-order valence-electron chi connectivity index (χ2n) is 9.64. The van der Waals surface area contributed by atoms with E-state index in [0.717, 1.165) is 44.9 Å². The molecule has 32 heavy (non-hydrogen) atoms. The summed E-state index contributed by atoms with van der Waals surface area (Å²) in [5.74, 6) is 0.165. The average molecular weight is 445 g/mol. The number of carbonyl (C=O) groups excluding carboxylic acids is 2. The first kappa shape index (κ1) is 24.6. The van der Waals surface area contributed by atoms with E-state index in [1.165, 1.54) is 18.2 Å². The summed E-state index contributed by atoms with van der Waals surface area (Å²) in [6.45, 7) is 6.94. The number of amides is 1. The summed E-state index contributed by atoms with van der Waals surface area (Å²) < 4.78 is 11.5. The number of aryl methyl sites for hydroxylation is 2. The lowest BCUT2D eigenvalue weighted by molar-refractivity contribution is -0.177. The van der Waals surface area contributed by atoms with Gasteiger partial charge in [-0.05, 0) is 64.0 Å². The molecule has 1 aliphatic heterocycles. The van der Waals surface area contributed by atoms with Crippen LogP contribution in [0.5, 0.6) is 0 Å². The number of esters is 1. The maximum absolute atomic E-state index is 13.4. The third-order valence-corrected chi connectivity index (χ3v) is 7.73. The fraction of sp³-hybridized carbons (Fsp3) is 0.692. The summed E-state index contributed by atoms with van der Waals surface area (Å²) in [6.07, 6.45) is 5.81. The number of fused-ring (bicyclic) bond motifs is 1. The molecular formula is C26H40N2O4. The van der Waals surface area contributed by atoms with E-state index in [2.05, 4.69) is 50.4 Å². The molecule has 6 heteroatoms. The highest BCUT2D eigenvalue weighted by atomic mass is 16.6. The molecule has 6 nitrogen and oxygen atoms in total. The number of hydrogen-bond acceptors (Lipinski definition) is 5. The van der Waals surface area contributed by atoms with E-state index >= 15 is 0 Å². The van der Waals surface area contributed by atoms with Crippen molar-refractivity contribution in [2.75, 3.05) is 20.7 Å². The smallest absolute Gasteiger partial charge is 0.409 e. The number of benzene rings is 1. The van der Waals surface area contributed by atoms with Crippen molar-refractivity contribution in [2.45, 2.75) is 83.4 Å². The number of nitrogens with one attached hydrogen (secondary N) is 1. The van der Waals surface area contributed by atoms with Crippen LogP contribution in [0.1, 0.15) is 63.5 Å². The minimum absolute atomic E-state index is 0.0677. The van der Waals surface area contributed by atoms with Crippen molar-refractivity contribution >= 4 is 12.1 Å². The van der Waals surface area contributed by atoms with Gasteiger partial charge in [-0.1, -0.05) is 50.1 Å². The SMILES string of the molecule is CC[C@H](C)C(NC)C(=O)O[C@@]1(CCc2cccc(C)c2)CCC[C@@H]2[C@H]1CCN2C(=O)OC. The number of ether oxygens (including phenoxy) is 2. The number of methoxy groups -OCH3 is 1. The van der Waals surface area contributed by atoms with Gasteiger partial charge in [0.1, 0.15) is 11.6 Å². The molecule has 1 N–H and O–H groups in total. The summed E-state index contributed by atoms with van der Waals surface area (Å²) in [5, 5.41) is 3.18. The third kappa shape index (κ3) is 5.11. The number of likely N-dealkylation sites (N-methyl/N-ethyl adjacent to an activating group) is 1. The Morgan fingerprint density at radius 3 is 2.75 bits per heavy atom. The van der Waals surface area contributed by atoms with Crippen LogP contribution in [-0.2, 0) is 20.7 Å². The van der Waals surface area contributed by atoms with E-state index in [1.807, 2.05) is 11.9 Å². The molecule has 1 unspecified atom stereocenters. The number of hydrogen-bond donors (Lipinski definition) is 1. The summed E-state index contributed by atoms with van der Waals surface area (Å²) >= 11 is 0. The lowest BCUT2D eigenvalue weighted by atomic mass is 9.69. The maximum atomic E-state index is 13.4. The first-order valence-corrected chi connectivity index (χ1v) is 12.2. The molecule has 1 amide bonds. The predicted molar refractivity (Wildman–Crippen MR) is 125 cm³/mol. The van der Waals surface area contributed by atoms with Gasteiger partial charge in [0.15, 0.2) is 0 Å². The Morgan fingerprint density at radius 1 is 1.31 bits per heavy atom. The van der Waals surface area contributed by atoms with Gasteiger partial charge in [-0.15, -0.1) is 0 Å². The Hall–Kier alpha value is -2.08. The highest BCUT2D eigenvalue weighted by Crippen LogP contribution is 2.47. The van der Waals surface area contributed by atoms with Gasteiger partial charge in [-0.3, -0.25) is 4.79 Å². The highest BCUT2D eigenvalue weighted by Gasteiger charge is 2.54. The van der Waals surface area contributed by atoms with Gasteiger partial charge in [-0.2, -0.15) is 0 Å². The van der Waals surface area contributed by atoms with E-state index in [4.69, 9.17) is 9.47 Å². The third-order valence-electron chi connectivity index (χ3n) is 7.73. The molecule has 0 radical (unpaired) electrons. The monoisotopic (exact) mass is 444 g/mol. The van der Waals surface area contributed by atoms with Crippen LogP contribution in [0.4, 0.5) is 4.79 Å². The van der Waals surface area contributed by atoms with Crippen LogP contribution in [0.2, 0.25) is 0 Å². The average Bonchev–Trinajstić information content (AvgIpc) is 3.23. The van der Waals surface area contributed by atoms with Gasteiger partial charge < -0.3 is 19.7 Å². The number of carbonyl (C=O) groups is 2. The first-order chi connectivity index (χ1) is 15.3. The van der Waals surface area contributed by atoms with Gasteiger partial charge in [-0.25, -0.2) is 4.79 Å². The first-order valence-electron chi connectivity index (χ1n) is 12.2. The maximum Gasteiger partial charge on any atom is 0.409 e. The normalized spacial score (nSPS) is 26.8. The molecule has 2 fully saturated rings. The molecular weight excluding hydrogens is 404 g/mol. The van der Waals surface area contributed by atoms with Gasteiger partial charge in [0.2, 0.25) is 0 Å². The van der Waals surface area contributed by atoms with Crippen LogP contribution in [0.3, 0.4) is 0 Å². The molecule has 1 saturated heterocycles. The molecule has 1 aliphatic carbocycles. The Bertz CT molecular complexity index is 798. The zero-order valence-corrected chi connectivity index (χ0v) is 20.4. The topological polar surface area (TPSA) is 67.9 Å². The lowest BCUT2D eigenvalue weighted by Crippen LogP contribution is -2.55. The van der Waals surface area contributed by atoms with E-state index in [9.17, 15) is 9.59 Å². The zero-order chi connectivity index (χ0) is 23.3. The van der Waals surface area contributed by atoms with Crippen molar-refractivity contribution in [3.8, 4) is 0 Å². The van der Waals surface area contributed by atoms with Crippen LogP contribution in [0, 0.1) is 18.8 Å². The molecule has 5 atom stereocenters. The summed E-state index contributed by atoms with van der Waals surface area (Å²) in [7, 11) is 3.27. The molecule has 1 heterocycles. The quantitative estimate of drug-likeness (QED) is 0.599. The number of likely N-dealkylation sites (tertiary alicyclic amines) is 1. The van der Waals surface area contributed by atoms with Gasteiger partial charge in [0.05, 0.1) is 7.11 Å². The second-order valence-corrected chi connectivity index (χ2v) is 9.64. The van der Waals surface area contributed by atoms with Crippen LogP contribution >= 0.6 is 0 Å². The molecule has 178 valence electrons. The largest absolute Gasteiger partial charge is 0.458 e. The van der Waals surface area contributed by atoms with E-state index in [1.54, 1.807) is 0 Å². The van der Waals surface area contributed by atoms with Crippen molar-refractivity contribution in [1.29, 1.82) is 0 Å². The molecule has 3 rings (SSSR count).